The quantitative estimate of drug-likeness (QED) is 0.761. The molecule has 2 N–H and O–H groups in total. The Morgan fingerprint density at radius 3 is 2.96 bits per heavy atom. The lowest BCUT2D eigenvalue weighted by Gasteiger charge is -2.05. The van der Waals surface area contributed by atoms with E-state index in [1.807, 2.05) is 6.20 Å². The van der Waals surface area contributed by atoms with Crippen molar-refractivity contribution in [2.75, 3.05) is 13.7 Å². The van der Waals surface area contributed by atoms with E-state index in [1.54, 1.807) is 18.2 Å². The van der Waals surface area contributed by atoms with E-state index in [4.69, 9.17) is 4.74 Å². The number of rotatable bonds is 5. The van der Waals surface area contributed by atoms with E-state index in [1.165, 1.54) is 25.4 Å². The van der Waals surface area contributed by atoms with Crippen molar-refractivity contribution in [1.82, 2.24) is 15.3 Å². The van der Waals surface area contributed by atoms with Gasteiger partial charge in [0.15, 0.2) is 0 Å². The number of hydrogen-bond donors (Lipinski definition) is 2. The summed E-state index contributed by atoms with van der Waals surface area (Å²) in [5.41, 5.74) is 2.27. The van der Waals surface area contributed by atoms with Gasteiger partial charge in [0.25, 0.3) is 5.91 Å². The fourth-order valence-corrected chi connectivity index (χ4v) is 2.41. The summed E-state index contributed by atoms with van der Waals surface area (Å²) >= 11 is 0. The van der Waals surface area contributed by atoms with Gasteiger partial charge >= 0.3 is 0 Å². The number of H-pyrrole nitrogens is 1. The van der Waals surface area contributed by atoms with Crippen molar-refractivity contribution in [2.45, 2.75) is 6.42 Å². The average molecular weight is 313 g/mol. The highest BCUT2D eigenvalue weighted by atomic mass is 19.1. The second kappa shape index (κ2) is 6.48. The van der Waals surface area contributed by atoms with Crippen LogP contribution in [0.3, 0.4) is 0 Å². The van der Waals surface area contributed by atoms with Crippen molar-refractivity contribution in [3.8, 4) is 5.88 Å². The van der Waals surface area contributed by atoms with Crippen LogP contribution in [0, 0.1) is 5.82 Å². The van der Waals surface area contributed by atoms with Gasteiger partial charge in [0.1, 0.15) is 5.82 Å². The molecule has 0 saturated heterocycles. The number of nitrogens with one attached hydrogen (secondary N) is 2. The molecule has 6 heteroatoms. The molecule has 23 heavy (non-hydrogen) atoms. The summed E-state index contributed by atoms with van der Waals surface area (Å²) < 4.78 is 18.1. The lowest BCUT2D eigenvalue weighted by Crippen LogP contribution is -2.25. The number of halogens is 1. The summed E-state index contributed by atoms with van der Waals surface area (Å²) in [6.45, 7) is 0.481. The van der Waals surface area contributed by atoms with Crippen LogP contribution < -0.4 is 10.1 Å². The van der Waals surface area contributed by atoms with Gasteiger partial charge in [-0.3, -0.25) is 4.79 Å². The number of carbonyl (C=O) groups is 1. The Kier molecular flexibility index (Phi) is 4.23. The Bertz CT molecular complexity index is 827. The zero-order valence-corrected chi connectivity index (χ0v) is 12.6. The molecule has 3 aromatic rings. The number of benzene rings is 1. The van der Waals surface area contributed by atoms with Crippen molar-refractivity contribution >= 4 is 16.8 Å². The van der Waals surface area contributed by atoms with Crippen LogP contribution in [0.5, 0.6) is 5.88 Å². The molecule has 0 fully saturated rings. The average Bonchev–Trinajstić information content (AvgIpc) is 2.97. The lowest BCUT2D eigenvalue weighted by molar-refractivity contribution is 0.0953. The van der Waals surface area contributed by atoms with Crippen LogP contribution in [-0.4, -0.2) is 29.5 Å². The minimum atomic E-state index is -0.272. The number of aromatic amines is 1. The molecule has 0 radical (unpaired) electrons. The van der Waals surface area contributed by atoms with Crippen LogP contribution in [0.15, 0.2) is 42.7 Å². The zero-order valence-electron chi connectivity index (χ0n) is 12.6. The molecule has 3 rings (SSSR count). The summed E-state index contributed by atoms with van der Waals surface area (Å²) in [6, 6.07) is 7.94. The molecule has 118 valence electrons. The Morgan fingerprint density at radius 2 is 2.22 bits per heavy atom. The third-order valence-electron chi connectivity index (χ3n) is 3.62. The van der Waals surface area contributed by atoms with Gasteiger partial charge in [-0.25, -0.2) is 9.37 Å². The number of methoxy groups -OCH3 is 1. The third-order valence-corrected chi connectivity index (χ3v) is 3.62. The molecule has 1 aromatic carbocycles. The Balaban J connectivity index is 1.60. The first kappa shape index (κ1) is 15.0. The minimum Gasteiger partial charge on any atom is -0.481 e. The number of ether oxygens (including phenoxy) is 1. The molecule has 2 heterocycles. The zero-order chi connectivity index (χ0) is 16.2. The Labute approximate surface area is 132 Å². The fraction of sp³-hybridized carbons (Fsp3) is 0.176. The summed E-state index contributed by atoms with van der Waals surface area (Å²) in [7, 11) is 1.52. The van der Waals surface area contributed by atoms with Gasteiger partial charge in [-0.2, -0.15) is 0 Å². The normalized spacial score (nSPS) is 10.7. The highest BCUT2D eigenvalue weighted by Crippen LogP contribution is 2.19. The van der Waals surface area contributed by atoms with Crippen LogP contribution in [0.1, 0.15) is 15.9 Å². The maximum Gasteiger partial charge on any atom is 0.252 e. The predicted molar refractivity (Wildman–Crippen MR) is 85.1 cm³/mol. The van der Waals surface area contributed by atoms with Gasteiger partial charge in [-0.15, -0.1) is 0 Å². The number of nitrogens with zero attached hydrogens (tertiary/aromatic N) is 1. The number of fused-ring (bicyclic) bond motifs is 1. The van der Waals surface area contributed by atoms with Crippen molar-refractivity contribution in [1.29, 1.82) is 0 Å². The number of hydrogen-bond acceptors (Lipinski definition) is 3. The molecule has 0 atom stereocenters. The van der Waals surface area contributed by atoms with Gasteiger partial charge in [-0.05, 0) is 36.2 Å². The van der Waals surface area contributed by atoms with Crippen LogP contribution in [0.4, 0.5) is 4.39 Å². The molecule has 0 unspecified atom stereocenters. The van der Waals surface area contributed by atoms with Crippen molar-refractivity contribution in [3.05, 3.63) is 59.7 Å². The summed E-state index contributed by atoms with van der Waals surface area (Å²) in [4.78, 5) is 19.1. The number of aromatic nitrogens is 2. The largest absolute Gasteiger partial charge is 0.481 e. The Morgan fingerprint density at radius 1 is 1.35 bits per heavy atom. The summed E-state index contributed by atoms with van der Waals surface area (Å²) in [5.74, 6) is 0.00446. The predicted octanol–water partition coefficient (Wildman–Crippen LogP) is 2.68. The maximum absolute atomic E-state index is 13.2. The van der Waals surface area contributed by atoms with Gasteiger partial charge in [-0.1, -0.05) is 0 Å². The van der Waals surface area contributed by atoms with Gasteiger partial charge in [0, 0.05) is 35.9 Å². The molecule has 0 spiro atoms. The SMILES string of the molecule is COc1ccc(C(=O)NCCc2c[nH]c3cc(F)ccc23)cn1. The van der Waals surface area contributed by atoms with E-state index in [0.29, 0.717) is 24.4 Å². The highest BCUT2D eigenvalue weighted by molar-refractivity contribution is 5.94. The Hall–Kier alpha value is -2.89. The number of pyridine rings is 1. The molecule has 0 aliphatic carbocycles. The molecule has 2 aromatic heterocycles. The first-order valence-electron chi connectivity index (χ1n) is 7.21. The van der Waals surface area contributed by atoms with Gasteiger partial charge < -0.3 is 15.0 Å². The van der Waals surface area contributed by atoms with E-state index in [2.05, 4.69) is 15.3 Å². The maximum atomic E-state index is 13.2. The first-order chi connectivity index (χ1) is 11.2. The molecule has 0 aliphatic heterocycles. The van der Waals surface area contributed by atoms with E-state index >= 15 is 0 Å². The molecule has 0 saturated carbocycles. The van der Waals surface area contributed by atoms with Crippen LogP contribution in [-0.2, 0) is 6.42 Å². The summed E-state index contributed by atoms with van der Waals surface area (Å²) in [5, 5.41) is 3.81. The topological polar surface area (TPSA) is 67.0 Å². The van der Waals surface area contributed by atoms with E-state index < -0.39 is 0 Å². The van der Waals surface area contributed by atoms with Crippen molar-refractivity contribution in [2.24, 2.45) is 0 Å². The molecule has 0 bridgehead atoms. The van der Waals surface area contributed by atoms with Crippen LogP contribution in [0.2, 0.25) is 0 Å². The van der Waals surface area contributed by atoms with Gasteiger partial charge in [0.2, 0.25) is 5.88 Å². The van der Waals surface area contributed by atoms with Crippen molar-refractivity contribution < 1.29 is 13.9 Å². The second-order valence-electron chi connectivity index (χ2n) is 5.10. The summed E-state index contributed by atoms with van der Waals surface area (Å²) in [6.07, 6.45) is 3.97. The molecule has 0 aliphatic rings. The molecule has 5 nitrogen and oxygen atoms in total. The van der Waals surface area contributed by atoms with Crippen LogP contribution >= 0.6 is 0 Å². The fourth-order valence-electron chi connectivity index (χ4n) is 2.41. The smallest absolute Gasteiger partial charge is 0.252 e. The lowest BCUT2D eigenvalue weighted by atomic mass is 10.1. The highest BCUT2D eigenvalue weighted by Gasteiger charge is 2.08. The third kappa shape index (κ3) is 3.31. The monoisotopic (exact) mass is 313 g/mol. The van der Waals surface area contributed by atoms with Crippen molar-refractivity contribution in [3.63, 3.8) is 0 Å². The minimum absolute atomic E-state index is 0.189. The number of amides is 1. The van der Waals surface area contributed by atoms with Crippen LogP contribution in [0.25, 0.3) is 10.9 Å². The second-order valence-corrected chi connectivity index (χ2v) is 5.10. The molecule has 1 amide bonds. The van der Waals surface area contributed by atoms with Gasteiger partial charge in [0.05, 0.1) is 12.7 Å². The van der Waals surface area contributed by atoms with E-state index in [-0.39, 0.29) is 11.7 Å². The first-order valence-corrected chi connectivity index (χ1v) is 7.21. The molecular formula is C17H16FN3O2. The number of carbonyl (C=O) groups excluding carboxylic acids is 1. The van der Waals surface area contributed by atoms with E-state index in [0.717, 1.165) is 16.5 Å². The standard InChI is InChI=1S/C17H16FN3O2/c1-23-16-5-2-12(10-21-16)17(22)19-7-6-11-9-20-15-8-13(18)3-4-14(11)15/h2-5,8-10,20H,6-7H2,1H3,(H,19,22). The van der Waals surface area contributed by atoms with E-state index in [9.17, 15) is 9.18 Å². The molecular weight excluding hydrogens is 297 g/mol.